The standard InChI is InChI=1S/C11H19NO4/c1-11(16-5-10(14)15)6-12(7-11)8-3-2-4-9(8)13/h8-9,13H,2-7H2,1H3,(H,14,15). The van der Waals surface area contributed by atoms with E-state index in [9.17, 15) is 9.90 Å². The molecule has 2 unspecified atom stereocenters. The minimum Gasteiger partial charge on any atom is -0.480 e. The summed E-state index contributed by atoms with van der Waals surface area (Å²) in [5.74, 6) is -0.930. The van der Waals surface area contributed by atoms with Crippen molar-refractivity contribution in [3.05, 3.63) is 0 Å². The van der Waals surface area contributed by atoms with Gasteiger partial charge in [0.25, 0.3) is 0 Å². The summed E-state index contributed by atoms with van der Waals surface area (Å²) in [6.45, 7) is 3.13. The second-order valence-corrected chi connectivity index (χ2v) is 5.10. The number of aliphatic carboxylic acids is 1. The summed E-state index contributed by atoms with van der Waals surface area (Å²) < 4.78 is 5.33. The molecule has 2 N–H and O–H groups in total. The van der Waals surface area contributed by atoms with Gasteiger partial charge in [0.05, 0.1) is 11.7 Å². The molecule has 1 saturated carbocycles. The highest BCUT2D eigenvalue weighted by Crippen LogP contribution is 2.33. The van der Waals surface area contributed by atoms with Crippen LogP contribution in [0.2, 0.25) is 0 Å². The number of carbonyl (C=O) groups is 1. The maximum Gasteiger partial charge on any atom is 0.329 e. The predicted octanol–water partition coefficient (Wildman–Crippen LogP) is 0.0753. The zero-order valence-corrected chi connectivity index (χ0v) is 9.56. The van der Waals surface area contributed by atoms with E-state index < -0.39 is 5.97 Å². The number of likely N-dealkylation sites (tertiary alicyclic amines) is 1. The first-order chi connectivity index (χ1) is 7.50. The van der Waals surface area contributed by atoms with Gasteiger partial charge < -0.3 is 14.9 Å². The van der Waals surface area contributed by atoms with Crippen molar-refractivity contribution in [1.82, 2.24) is 4.90 Å². The number of aliphatic hydroxyl groups is 1. The van der Waals surface area contributed by atoms with Crippen molar-refractivity contribution >= 4 is 5.97 Å². The Hall–Kier alpha value is -0.650. The summed E-state index contributed by atoms with van der Waals surface area (Å²) in [5.41, 5.74) is -0.347. The maximum absolute atomic E-state index is 10.4. The molecule has 1 aliphatic carbocycles. The molecule has 0 aromatic rings. The molecule has 5 heteroatoms. The zero-order valence-electron chi connectivity index (χ0n) is 9.56. The van der Waals surface area contributed by atoms with E-state index in [0.717, 1.165) is 32.4 Å². The van der Waals surface area contributed by atoms with E-state index in [2.05, 4.69) is 4.90 Å². The zero-order chi connectivity index (χ0) is 11.8. The van der Waals surface area contributed by atoms with Gasteiger partial charge >= 0.3 is 5.97 Å². The molecule has 1 aliphatic heterocycles. The molecule has 0 amide bonds. The number of carboxylic acids is 1. The predicted molar refractivity (Wildman–Crippen MR) is 57.2 cm³/mol. The Morgan fingerprint density at radius 1 is 1.50 bits per heavy atom. The largest absolute Gasteiger partial charge is 0.480 e. The molecule has 92 valence electrons. The molecule has 1 saturated heterocycles. The summed E-state index contributed by atoms with van der Waals surface area (Å²) >= 11 is 0. The number of carboxylic acid groups (broad SMARTS) is 1. The Kier molecular flexibility index (Phi) is 3.19. The van der Waals surface area contributed by atoms with E-state index in [1.165, 1.54) is 0 Å². The van der Waals surface area contributed by atoms with Gasteiger partial charge in [0.15, 0.2) is 0 Å². The van der Waals surface area contributed by atoms with E-state index in [0.29, 0.717) is 0 Å². The second-order valence-electron chi connectivity index (χ2n) is 5.10. The second kappa shape index (κ2) is 4.31. The quantitative estimate of drug-likeness (QED) is 0.714. The van der Waals surface area contributed by atoms with Gasteiger partial charge in [-0.3, -0.25) is 4.90 Å². The first-order valence-electron chi connectivity index (χ1n) is 5.78. The Balaban J connectivity index is 1.77. The molecule has 2 rings (SSSR count). The van der Waals surface area contributed by atoms with E-state index in [4.69, 9.17) is 9.84 Å². The smallest absolute Gasteiger partial charge is 0.329 e. The summed E-state index contributed by atoms with van der Waals surface area (Å²) in [4.78, 5) is 12.6. The molecular weight excluding hydrogens is 210 g/mol. The van der Waals surface area contributed by atoms with Crippen LogP contribution in [0.5, 0.6) is 0 Å². The molecule has 2 aliphatic rings. The fourth-order valence-electron chi connectivity index (χ4n) is 2.72. The molecule has 0 radical (unpaired) electrons. The molecular formula is C11H19NO4. The highest BCUT2D eigenvalue weighted by molar-refractivity contribution is 5.68. The van der Waals surface area contributed by atoms with E-state index in [1.54, 1.807) is 0 Å². The fraction of sp³-hybridized carbons (Fsp3) is 0.909. The molecule has 0 bridgehead atoms. The first-order valence-corrected chi connectivity index (χ1v) is 5.78. The number of rotatable bonds is 4. The van der Waals surface area contributed by atoms with E-state index in [1.807, 2.05) is 6.92 Å². The SMILES string of the molecule is CC1(OCC(=O)O)CN(C2CCCC2O)C1. The van der Waals surface area contributed by atoms with Crippen molar-refractivity contribution in [3.8, 4) is 0 Å². The monoisotopic (exact) mass is 229 g/mol. The third-order valence-electron chi connectivity index (χ3n) is 3.53. The summed E-state index contributed by atoms with van der Waals surface area (Å²) in [5, 5.41) is 18.3. The molecule has 2 atom stereocenters. The van der Waals surface area contributed by atoms with Gasteiger partial charge in [-0.1, -0.05) is 0 Å². The van der Waals surface area contributed by atoms with Crippen molar-refractivity contribution in [3.63, 3.8) is 0 Å². The highest BCUT2D eigenvalue weighted by atomic mass is 16.5. The van der Waals surface area contributed by atoms with Crippen molar-refractivity contribution in [2.24, 2.45) is 0 Å². The molecule has 16 heavy (non-hydrogen) atoms. The van der Waals surface area contributed by atoms with Crippen LogP contribution in [-0.4, -0.2) is 58.5 Å². The number of hydrogen-bond acceptors (Lipinski definition) is 4. The molecule has 0 aromatic heterocycles. The van der Waals surface area contributed by atoms with Crippen molar-refractivity contribution < 1.29 is 19.7 Å². The van der Waals surface area contributed by atoms with Gasteiger partial charge in [-0.2, -0.15) is 0 Å². The van der Waals surface area contributed by atoms with Gasteiger partial charge in [0.1, 0.15) is 6.61 Å². The van der Waals surface area contributed by atoms with Gasteiger partial charge in [-0.05, 0) is 26.2 Å². The first kappa shape index (κ1) is 11.8. The molecule has 0 spiro atoms. The van der Waals surface area contributed by atoms with Crippen LogP contribution in [0.15, 0.2) is 0 Å². The lowest BCUT2D eigenvalue weighted by atomic mass is 9.93. The van der Waals surface area contributed by atoms with Crippen LogP contribution in [0, 0.1) is 0 Å². The average molecular weight is 229 g/mol. The Morgan fingerprint density at radius 2 is 2.19 bits per heavy atom. The lowest BCUT2D eigenvalue weighted by Gasteiger charge is -2.50. The van der Waals surface area contributed by atoms with Crippen LogP contribution in [0.1, 0.15) is 26.2 Å². The average Bonchev–Trinajstić information content (AvgIpc) is 2.57. The van der Waals surface area contributed by atoms with Gasteiger partial charge in [-0.25, -0.2) is 4.79 Å². The van der Waals surface area contributed by atoms with E-state index in [-0.39, 0.29) is 24.4 Å². The van der Waals surface area contributed by atoms with Crippen LogP contribution >= 0.6 is 0 Å². The topological polar surface area (TPSA) is 70.0 Å². The molecule has 5 nitrogen and oxygen atoms in total. The van der Waals surface area contributed by atoms with Gasteiger partial charge in [-0.15, -0.1) is 0 Å². The fourth-order valence-corrected chi connectivity index (χ4v) is 2.72. The third-order valence-corrected chi connectivity index (χ3v) is 3.53. The maximum atomic E-state index is 10.4. The molecule has 0 aromatic carbocycles. The molecule has 1 heterocycles. The third kappa shape index (κ3) is 2.36. The Bertz CT molecular complexity index is 275. The Labute approximate surface area is 95.0 Å². The number of ether oxygens (including phenoxy) is 1. The van der Waals surface area contributed by atoms with Gasteiger partial charge in [0, 0.05) is 19.1 Å². The van der Waals surface area contributed by atoms with Crippen LogP contribution in [0.25, 0.3) is 0 Å². The van der Waals surface area contributed by atoms with Crippen LogP contribution < -0.4 is 0 Å². The lowest BCUT2D eigenvalue weighted by Crippen LogP contribution is -2.65. The number of aliphatic hydroxyl groups excluding tert-OH is 1. The number of hydrogen-bond donors (Lipinski definition) is 2. The minimum atomic E-state index is -0.930. The summed E-state index contributed by atoms with van der Waals surface area (Å²) in [7, 11) is 0. The minimum absolute atomic E-state index is 0.218. The molecule has 2 fully saturated rings. The van der Waals surface area contributed by atoms with Crippen LogP contribution in [0.3, 0.4) is 0 Å². The van der Waals surface area contributed by atoms with Crippen molar-refractivity contribution in [1.29, 1.82) is 0 Å². The van der Waals surface area contributed by atoms with E-state index >= 15 is 0 Å². The Morgan fingerprint density at radius 3 is 2.69 bits per heavy atom. The van der Waals surface area contributed by atoms with Crippen molar-refractivity contribution in [2.75, 3.05) is 19.7 Å². The summed E-state index contributed by atoms with van der Waals surface area (Å²) in [6.07, 6.45) is 2.78. The number of nitrogens with zero attached hydrogens (tertiary/aromatic N) is 1. The normalized spacial score (nSPS) is 33.6. The van der Waals surface area contributed by atoms with Crippen LogP contribution in [-0.2, 0) is 9.53 Å². The van der Waals surface area contributed by atoms with Crippen molar-refractivity contribution in [2.45, 2.75) is 43.9 Å². The van der Waals surface area contributed by atoms with Crippen LogP contribution in [0.4, 0.5) is 0 Å². The van der Waals surface area contributed by atoms with Gasteiger partial charge in [0.2, 0.25) is 0 Å². The summed E-state index contributed by atoms with van der Waals surface area (Å²) in [6, 6.07) is 0.251. The lowest BCUT2D eigenvalue weighted by molar-refractivity contribution is -0.173. The highest BCUT2D eigenvalue weighted by Gasteiger charge is 2.45.